The van der Waals surface area contributed by atoms with E-state index in [0.29, 0.717) is 62.5 Å². The van der Waals surface area contributed by atoms with Crippen LogP contribution >= 0.6 is 0 Å². The number of likely N-dealkylation sites (N-methyl/N-ethyl adjacent to an activating group) is 1. The minimum Gasteiger partial charge on any atom is -0.381 e. The van der Waals surface area contributed by atoms with Crippen molar-refractivity contribution in [2.75, 3.05) is 44.9 Å². The molecule has 0 bridgehead atoms. The number of rotatable bonds is 7. The van der Waals surface area contributed by atoms with Crippen LogP contribution in [0.15, 0.2) is 48.5 Å². The number of anilines is 1. The zero-order valence-electron chi connectivity index (χ0n) is 27.0. The SMILES string of the molecule is C#N.CCN1C(=O)C(NC(=O)c2cccc(C(F)(F)F)c2)C(c2ccc(F)cc2)c2c(C(=O)N3CCC(OC)C3)nn(C3CCOCC3)c21. The number of aromatic nitrogens is 2. The maximum Gasteiger partial charge on any atom is 0.416 e. The van der Waals surface area contributed by atoms with Crippen LogP contribution in [0.1, 0.15) is 75.7 Å². The number of fused-ring (bicyclic) bond motifs is 1. The molecule has 3 aromatic rings. The number of carbonyl (C=O) groups excluding carboxylic acids is 3. The van der Waals surface area contributed by atoms with Crippen LogP contribution in [0.3, 0.4) is 0 Å². The van der Waals surface area contributed by atoms with Crippen LogP contribution in [-0.2, 0) is 20.4 Å². The van der Waals surface area contributed by atoms with Gasteiger partial charge in [0.2, 0.25) is 0 Å². The van der Waals surface area contributed by atoms with E-state index in [1.54, 1.807) is 23.6 Å². The van der Waals surface area contributed by atoms with Crippen molar-refractivity contribution in [1.82, 2.24) is 20.0 Å². The zero-order chi connectivity index (χ0) is 35.5. The highest BCUT2D eigenvalue weighted by atomic mass is 19.4. The summed E-state index contributed by atoms with van der Waals surface area (Å²) in [6.45, 7) is 7.07. The molecule has 4 heterocycles. The van der Waals surface area contributed by atoms with Gasteiger partial charge >= 0.3 is 6.18 Å². The maximum atomic E-state index is 14.4. The molecule has 3 amide bonds. The Bertz CT molecular complexity index is 1700. The highest BCUT2D eigenvalue weighted by molar-refractivity contribution is 6.07. The summed E-state index contributed by atoms with van der Waals surface area (Å²) < 4.78 is 67.4. The Morgan fingerprint density at radius 1 is 1.10 bits per heavy atom. The third-order valence-corrected chi connectivity index (χ3v) is 9.14. The summed E-state index contributed by atoms with van der Waals surface area (Å²) in [5, 5.41) is 14.1. The number of halogens is 4. The topological polar surface area (TPSA) is 130 Å². The number of nitriles is 1. The zero-order valence-corrected chi connectivity index (χ0v) is 27.0. The lowest BCUT2D eigenvalue weighted by atomic mass is 9.80. The van der Waals surface area contributed by atoms with Crippen LogP contribution in [0.2, 0.25) is 0 Å². The number of nitrogens with one attached hydrogen (secondary N) is 1. The number of ether oxygens (including phenoxy) is 2. The van der Waals surface area contributed by atoms with Crippen molar-refractivity contribution >= 4 is 23.5 Å². The van der Waals surface area contributed by atoms with Gasteiger partial charge in [0.05, 0.1) is 17.7 Å². The van der Waals surface area contributed by atoms with Crippen molar-refractivity contribution in [2.24, 2.45) is 0 Å². The van der Waals surface area contributed by atoms with E-state index in [9.17, 15) is 31.9 Å². The highest BCUT2D eigenvalue weighted by Gasteiger charge is 2.48. The molecule has 49 heavy (non-hydrogen) atoms. The van der Waals surface area contributed by atoms with Crippen LogP contribution in [0, 0.1) is 17.7 Å². The molecule has 6 rings (SSSR count). The molecule has 0 saturated carbocycles. The van der Waals surface area contributed by atoms with Crippen molar-refractivity contribution in [3.05, 3.63) is 82.3 Å². The molecule has 15 heteroatoms. The van der Waals surface area contributed by atoms with E-state index in [-0.39, 0.29) is 35.9 Å². The van der Waals surface area contributed by atoms with E-state index < -0.39 is 41.3 Å². The van der Waals surface area contributed by atoms with Crippen molar-refractivity contribution in [3.63, 3.8) is 0 Å². The summed E-state index contributed by atoms with van der Waals surface area (Å²) in [7, 11) is 1.58. The van der Waals surface area contributed by atoms with E-state index in [0.717, 1.165) is 18.2 Å². The predicted molar refractivity (Wildman–Crippen MR) is 168 cm³/mol. The van der Waals surface area contributed by atoms with Crippen molar-refractivity contribution in [3.8, 4) is 6.57 Å². The van der Waals surface area contributed by atoms with Gasteiger partial charge in [-0.05, 0) is 62.1 Å². The molecular weight excluding hydrogens is 648 g/mol. The molecular formula is C34H36F4N6O5. The van der Waals surface area contributed by atoms with Gasteiger partial charge in [-0.1, -0.05) is 18.2 Å². The molecule has 3 aliphatic rings. The van der Waals surface area contributed by atoms with Crippen molar-refractivity contribution in [1.29, 1.82) is 5.26 Å². The summed E-state index contributed by atoms with van der Waals surface area (Å²) in [5.74, 6) is -2.99. The number of alkyl halides is 3. The second-order valence-electron chi connectivity index (χ2n) is 11.9. The molecule has 0 spiro atoms. The molecule has 3 aliphatic heterocycles. The first-order valence-electron chi connectivity index (χ1n) is 15.8. The Morgan fingerprint density at radius 2 is 1.80 bits per heavy atom. The van der Waals surface area contributed by atoms with Gasteiger partial charge in [-0.2, -0.15) is 18.3 Å². The second kappa shape index (κ2) is 14.8. The van der Waals surface area contributed by atoms with Gasteiger partial charge in [-0.25, -0.2) is 14.3 Å². The summed E-state index contributed by atoms with van der Waals surface area (Å²) >= 11 is 0. The first kappa shape index (κ1) is 35.5. The van der Waals surface area contributed by atoms with E-state index in [4.69, 9.17) is 19.8 Å². The molecule has 260 valence electrons. The molecule has 3 atom stereocenters. The molecule has 0 aliphatic carbocycles. The number of carbonyl (C=O) groups is 3. The highest BCUT2D eigenvalue weighted by Crippen LogP contribution is 2.45. The molecule has 3 unspecified atom stereocenters. The van der Waals surface area contributed by atoms with Crippen molar-refractivity contribution < 1.29 is 41.4 Å². The van der Waals surface area contributed by atoms with Crippen LogP contribution < -0.4 is 10.2 Å². The number of benzene rings is 2. The minimum absolute atomic E-state index is 0.0850. The van der Waals surface area contributed by atoms with Gasteiger partial charge < -0.3 is 19.7 Å². The Morgan fingerprint density at radius 3 is 2.41 bits per heavy atom. The third-order valence-electron chi connectivity index (χ3n) is 9.14. The van der Waals surface area contributed by atoms with E-state index in [1.807, 2.05) is 0 Å². The lowest BCUT2D eigenvalue weighted by molar-refractivity contribution is -0.137. The summed E-state index contributed by atoms with van der Waals surface area (Å²) in [4.78, 5) is 45.4. The van der Waals surface area contributed by atoms with Gasteiger partial charge in [-0.3, -0.25) is 19.3 Å². The molecule has 11 nitrogen and oxygen atoms in total. The quantitative estimate of drug-likeness (QED) is 0.358. The third kappa shape index (κ3) is 7.02. The number of methoxy groups -OCH3 is 1. The lowest BCUT2D eigenvalue weighted by Gasteiger charge is -2.39. The predicted octanol–water partition coefficient (Wildman–Crippen LogP) is 4.69. The lowest BCUT2D eigenvalue weighted by Crippen LogP contribution is -2.56. The number of likely N-dealkylation sites (tertiary alicyclic amines) is 1. The first-order chi connectivity index (χ1) is 23.5. The smallest absolute Gasteiger partial charge is 0.381 e. The van der Waals surface area contributed by atoms with Gasteiger partial charge in [0.15, 0.2) is 5.69 Å². The monoisotopic (exact) mass is 684 g/mol. The van der Waals surface area contributed by atoms with Gasteiger partial charge in [-0.15, -0.1) is 0 Å². The second-order valence-corrected chi connectivity index (χ2v) is 11.9. The normalized spacial score (nSPS) is 21.1. The average molecular weight is 685 g/mol. The van der Waals surface area contributed by atoms with E-state index >= 15 is 0 Å². The summed E-state index contributed by atoms with van der Waals surface area (Å²) in [5.41, 5.74) is -0.427. The Labute approximate surface area is 280 Å². The van der Waals surface area contributed by atoms with E-state index in [1.165, 1.54) is 35.2 Å². The van der Waals surface area contributed by atoms with Crippen molar-refractivity contribution in [2.45, 2.75) is 56.5 Å². The number of hydrogen-bond donors (Lipinski definition) is 1. The minimum atomic E-state index is -4.69. The molecule has 1 aromatic heterocycles. The number of nitrogens with zero attached hydrogens (tertiary/aromatic N) is 5. The Kier molecular flexibility index (Phi) is 10.7. The standard InChI is InChI=1S/C33H35F4N5O5.CHN/c1-3-41-30-26(28(31(44)40-14-11-24(18-40)46-2)39-42(30)23-12-15-47-16-13-23)25(19-7-9-22(34)10-8-19)27(32(41)45)38-29(43)20-5-4-6-21(17-20)33(35,36)37;1-2/h4-10,17,23-25,27H,3,11-16,18H2,1-2H3,(H,38,43);1H. The molecule has 0 radical (unpaired) electrons. The van der Waals surface area contributed by atoms with Crippen LogP contribution in [0.4, 0.5) is 23.4 Å². The van der Waals surface area contributed by atoms with Gasteiger partial charge in [0.25, 0.3) is 17.7 Å². The largest absolute Gasteiger partial charge is 0.416 e. The summed E-state index contributed by atoms with van der Waals surface area (Å²) in [6, 6.07) is 7.72. The Hall–Kier alpha value is -4.81. The maximum absolute atomic E-state index is 14.4. The van der Waals surface area contributed by atoms with Gasteiger partial charge in [0.1, 0.15) is 17.7 Å². The molecule has 2 fully saturated rings. The molecule has 2 saturated heterocycles. The van der Waals surface area contributed by atoms with Gasteiger partial charge in [0, 0.05) is 63.6 Å². The number of amides is 3. The van der Waals surface area contributed by atoms with E-state index in [2.05, 4.69) is 11.9 Å². The first-order valence-corrected chi connectivity index (χ1v) is 15.8. The molecule has 1 N–H and O–H groups in total. The summed E-state index contributed by atoms with van der Waals surface area (Å²) in [6.07, 6.45) is -3.05. The van der Waals surface area contributed by atoms with Crippen LogP contribution in [-0.4, -0.2) is 84.5 Å². The van der Waals surface area contributed by atoms with Crippen LogP contribution in [0.25, 0.3) is 0 Å². The fourth-order valence-electron chi connectivity index (χ4n) is 6.71. The average Bonchev–Trinajstić information content (AvgIpc) is 3.76. The van der Waals surface area contributed by atoms with Crippen LogP contribution in [0.5, 0.6) is 0 Å². The number of hydrogen-bond acceptors (Lipinski definition) is 7. The fourth-order valence-corrected chi connectivity index (χ4v) is 6.71. The molecule has 2 aromatic carbocycles. The fraction of sp³-hybridized carbons (Fsp3) is 0.441. The Balaban J connectivity index is 0.00000230.